The molecule has 21 heavy (non-hydrogen) atoms. The minimum atomic E-state index is 0.0401. The number of unbranched alkanes of at least 4 members (excludes halogenated alkanes) is 2. The van der Waals surface area contributed by atoms with Crippen LogP contribution in [-0.4, -0.2) is 22.9 Å². The molecule has 1 atom stereocenters. The Hall–Kier alpha value is -1.49. The van der Waals surface area contributed by atoms with E-state index >= 15 is 0 Å². The molecular weight excluding hydrogens is 282 g/mol. The normalized spacial score (nSPS) is 17.4. The van der Waals surface area contributed by atoms with Gasteiger partial charge in [-0.15, -0.1) is 0 Å². The lowest BCUT2D eigenvalue weighted by Crippen LogP contribution is -2.39. The first-order chi connectivity index (χ1) is 10.3. The molecule has 0 radical (unpaired) electrons. The van der Waals surface area contributed by atoms with Crippen molar-refractivity contribution in [3.8, 4) is 0 Å². The van der Waals surface area contributed by atoms with Gasteiger partial charge in [0.15, 0.2) is 5.17 Å². The number of amidine groups is 1. The molecule has 1 aliphatic heterocycles. The summed E-state index contributed by atoms with van der Waals surface area (Å²) in [6.45, 7) is 2.93. The molecule has 0 unspecified atom stereocenters. The Morgan fingerprint density at radius 2 is 2.14 bits per heavy atom. The number of aliphatic imine (C=N–C) groups is 1. The second-order valence-electron chi connectivity index (χ2n) is 5.21. The zero-order valence-corrected chi connectivity index (χ0v) is 13.3. The quantitative estimate of drug-likeness (QED) is 0.627. The Labute approximate surface area is 130 Å². The van der Waals surface area contributed by atoms with Gasteiger partial charge in [0.05, 0.1) is 6.54 Å². The van der Waals surface area contributed by atoms with E-state index in [1.54, 1.807) is 11.8 Å². The SMILES string of the molecule is CCCCCC(=O)NNC1=NC[C@H](Cc2ccccc2)S1. The van der Waals surface area contributed by atoms with Gasteiger partial charge < -0.3 is 0 Å². The Balaban J connectivity index is 1.64. The maximum atomic E-state index is 11.6. The lowest BCUT2D eigenvalue weighted by molar-refractivity contribution is -0.121. The molecule has 0 aromatic heterocycles. The number of hydrogen-bond donors (Lipinski definition) is 2. The average molecular weight is 305 g/mol. The van der Waals surface area contributed by atoms with Gasteiger partial charge in [-0.3, -0.25) is 20.6 Å². The number of hydrogen-bond acceptors (Lipinski definition) is 4. The number of amides is 1. The van der Waals surface area contributed by atoms with Crippen molar-refractivity contribution < 1.29 is 4.79 Å². The van der Waals surface area contributed by atoms with Crippen molar-refractivity contribution in [3.05, 3.63) is 35.9 Å². The van der Waals surface area contributed by atoms with E-state index < -0.39 is 0 Å². The number of benzene rings is 1. The Morgan fingerprint density at radius 1 is 1.33 bits per heavy atom. The molecule has 114 valence electrons. The number of rotatable bonds is 6. The van der Waals surface area contributed by atoms with Crippen LogP contribution in [0.5, 0.6) is 0 Å². The third-order valence-corrected chi connectivity index (χ3v) is 4.44. The Bertz CT molecular complexity index is 476. The molecule has 0 aliphatic carbocycles. The van der Waals surface area contributed by atoms with Gasteiger partial charge in [0.25, 0.3) is 0 Å². The summed E-state index contributed by atoms with van der Waals surface area (Å²) in [4.78, 5) is 16.0. The fraction of sp³-hybridized carbons (Fsp3) is 0.500. The lowest BCUT2D eigenvalue weighted by Gasteiger charge is -2.10. The topological polar surface area (TPSA) is 53.5 Å². The summed E-state index contributed by atoms with van der Waals surface area (Å²) >= 11 is 1.70. The van der Waals surface area contributed by atoms with Gasteiger partial charge in [0.2, 0.25) is 5.91 Å². The van der Waals surface area contributed by atoms with Crippen LogP contribution in [0, 0.1) is 0 Å². The van der Waals surface area contributed by atoms with Crippen LogP contribution in [0.4, 0.5) is 0 Å². The van der Waals surface area contributed by atoms with Crippen LogP contribution >= 0.6 is 11.8 Å². The molecule has 0 saturated heterocycles. The predicted octanol–water partition coefficient (Wildman–Crippen LogP) is 2.90. The summed E-state index contributed by atoms with van der Waals surface area (Å²) in [5, 5.41) is 1.27. The first-order valence-electron chi connectivity index (χ1n) is 7.58. The second kappa shape index (κ2) is 8.72. The molecule has 1 aromatic carbocycles. The van der Waals surface area contributed by atoms with Gasteiger partial charge in [-0.25, -0.2) is 0 Å². The molecule has 5 heteroatoms. The molecule has 2 N–H and O–H groups in total. The number of nitrogens with one attached hydrogen (secondary N) is 2. The van der Waals surface area contributed by atoms with Gasteiger partial charge >= 0.3 is 0 Å². The molecule has 0 fully saturated rings. The summed E-state index contributed by atoms with van der Waals surface area (Å²) in [7, 11) is 0. The highest BCUT2D eigenvalue weighted by atomic mass is 32.2. The fourth-order valence-electron chi connectivity index (χ4n) is 2.19. The van der Waals surface area contributed by atoms with E-state index in [0.29, 0.717) is 11.7 Å². The Kier molecular flexibility index (Phi) is 6.60. The number of hydrazine groups is 1. The van der Waals surface area contributed by atoms with Gasteiger partial charge in [0.1, 0.15) is 0 Å². The second-order valence-corrected chi connectivity index (χ2v) is 6.49. The average Bonchev–Trinajstić information content (AvgIpc) is 2.94. The number of carbonyl (C=O) groups is 1. The van der Waals surface area contributed by atoms with E-state index in [2.05, 4.69) is 47.0 Å². The number of thioether (sulfide) groups is 1. The number of carbonyl (C=O) groups excluding carboxylic acids is 1. The van der Waals surface area contributed by atoms with Crippen LogP contribution in [0.15, 0.2) is 35.3 Å². The molecule has 1 amide bonds. The zero-order chi connectivity index (χ0) is 14.9. The molecule has 0 bridgehead atoms. The third kappa shape index (κ3) is 5.79. The van der Waals surface area contributed by atoms with E-state index in [0.717, 1.165) is 37.4 Å². The predicted molar refractivity (Wildman–Crippen MR) is 89.2 cm³/mol. The first kappa shape index (κ1) is 15.9. The molecule has 1 aromatic rings. The van der Waals surface area contributed by atoms with Crippen molar-refractivity contribution in [3.63, 3.8) is 0 Å². The molecule has 4 nitrogen and oxygen atoms in total. The summed E-state index contributed by atoms with van der Waals surface area (Å²) in [6, 6.07) is 10.4. The van der Waals surface area contributed by atoms with Gasteiger partial charge in [0, 0.05) is 11.7 Å². The summed E-state index contributed by atoms with van der Waals surface area (Å²) in [6.07, 6.45) is 4.75. The highest BCUT2D eigenvalue weighted by Gasteiger charge is 2.20. The maximum Gasteiger partial charge on any atom is 0.238 e. The van der Waals surface area contributed by atoms with Crippen molar-refractivity contribution in [2.24, 2.45) is 4.99 Å². The summed E-state index contributed by atoms with van der Waals surface area (Å²) in [5.41, 5.74) is 6.99. The van der Waals surface area contributed by atoms with Crippen molar-refractivity contribution in [1.29, 1.82) is 0 Å². The minimum absolute atomic E-state index is 0.0401. The monoisotopic (exact) mass is 305 g/mol. The molecule has 0 saturated carbocycles. The van der Waals surface area contributed by atoms with E-state index in [4.69, 9.17) is 0 Å². The largest absolute Gasteiger partial charge is 0.277 e. The fourth-order valence-corrected chi connectivity index (χ4v) is 3.19. The summed E-state index contributed by atoms with van der Waals surface area (Å²) < 4.78 is 0. The van der Waals surface area contributed by atoms with Gasteiger partial charge in [-0.1, -0.05) is 61.9 Å². The van der Waals surface area contributed by atoms with E-state index in [-0.39, 0.29) is 5.91 Å². The first-order valence-corrected chi connectivity index (χ1v) is 8.45. The smallest absolute Gasteiger partial charge is 0.238 e. The highest BCUT2D eigenvalue weighted by Crippen LogP contribution is 2.22. The van der Waals surface area contributed by atoms with Crippen LogP contribution < -0.4 is 10.9 Å². The molecular formula is C16H23N3OS. The van der Waals surface area contributed by atoms with Gasteiger partial charge in [-0.05, 0) is 18.4 Å². The standard InChI is InChI=1S/C16H23N3OS/c1-2-3-5-10-15(20)18-19-16-17-12-14(21-16)11-13-8-6-4-7-9-13/h4,6-9,14H,2-3,5,10-12H2,1H3,(H,17,19)(H,18,20)/t14-/m0/s1. The van der Waals surface area contributed by atoms with Crippen LogP contribution in [0.1, 0.15) is 38.2 Å². The molecule has 2 rings (SSSR count). The maximum absolute atomic E-state index is 11.6. The van der Waals surface area contributed by atoms with Crippen LogP contribution in [-0.2, 0) is 11.2 Å². The van der Waals surface area contributed by atoms with Crippen molar-refractivity contribution >= 4 is 22.8 Å². The van der Waals surface area contributed by atoms with E-state index in [1.165, 1.54) is 5.56 Å². The van der Waals surface area contributed by atoms with Crippen molar-refractivity contribution in [1.82, 2.24) is 10.9 Å². The number of nitrogens with zero attached hydrogens (tertiary/aromatic N) is 1. The third-order valence-electron chi connectivity index (χ3n) is 3.34. The van der Waals surface area contributed by atoms with Crippen LogP contribution in [0.25, 0.3) is 0 Å². The molecule has 1 heterocycles. The van der Waals surface area contributed by atoms with Crippen LogP contribution in [0.2, 0.25) is 0 Å². The van der Waals surface area contributed by atoms with Crippen LogP contribution in [0.3, 0.4) is 0 Å². The molecule has 0 spiro atoms. The molecule has 1 aliphatic rings. The van der Waals surface area contributed by atoms with E-state index in [1.807, 2.05) is 6.07 Å². The van der Waals surface area contributed by atoms with Crippen molar-refractivity contribution in [2.45, 2.75) is 44.3 Å². The lowest BCUT2D eigenvalue weighted by atomic mass is 10.1. The Morgan fingerprint density at radius 3 is 2.90 bits per heavy atom. The van der Waals surface area contributed by atoms with Gasteiger partial charge in [-0.2, -0.15) is 0 Å². The minimum Gasteiger partial charge on any atom is -0.277 e. The zero-order valence-electron chi connectivity index (χ0n) is 12.5. The van der Waals surface area contributed by atoms with Crippen molar-refractivity contribution in [2.75, 3.05) is 6.54 Å². The highest BCUT2D eigenvalue weighted by molar-refractivity contribution is 8.14. The summed E-state index contributed by atoms with van der Waals surface area (Å²) in [5.74, 6) is 0.0401. The van der Waals surface area contributed by atoms with E-state index in [9.17, 15) is 4.79 Å².